The summed E-state index contributed by atoms with van der Waals surface area (Å²) < 4.78 is 37.9. The molecule has 1 aliphatic heterocycles. The number of rotatable bonds is 4. The standard InChI is InChI=1S/C17H17FN2O4S/c18-15-6-2-1-4-12(15)10-20-8-3-5-14(17(20)22)16(21)19-13-7-9-25(23,24)11-13/h1-6,8,13H,7,9-11H2,(H,19,21)/t13-/m0/s1. The van der Waals surface area contributed by atoms with Gasteiger partial charge in [0.25, 0.3) is 11.5 Å². The van der Waals surface area contributed by atoms with Crippen molar-refractivity contribution in [2.24, 2.45) is 0 Å². The van der Waals surface area contributed by atoms with Gasteiger partial charge in [-0.05, 0) is 24.6 Å². The maximum atomic E-state index is 13.8. The van der Waals surface area contributed by atoms with Gasteiger partial charge >= 0.3 is 0 Å². The highest BCUT2D eigenvalue weighted by molar-refractivity contribution is 7.91. The summed E-state index contributed by atoms with van der Waals surface area (Å²) in [5.74, 6) is -1.13. The summed E-state index contributed by atoms with van der Waals surface area (Å²) in [6.45, 7) is 0.00440. The molecule has 2 aromatic rings. The number of nitrogens with one attached hydrogen (secondary N) is 1. The third kappa shape index (κ3) is 3.96. The third-order valence-electron chi connectivity index (χ3n) is 4.13. The molecule has 1 amide bonds. The first kappa shape index (κ1) is 17.3. The van der Waals surface area contributed by atoms with Gasteiger partial charge in [-0.3, -0.25) is 9.59 Å². The fraction of sp³-hybridized carbons (Fsp3) is 0.294. The average Bonchev–Trinajstić information content (AvgIpc) is 2.90. The van der Waals surface area contributed by atoms with Crippen LogP contribution in [-0.2, 0) is 16.4 Å². The van der Waals surface area contributed by atoms with Crippen molar-refractivity contribution in [3.8, 4) is 0 Å². The van der Waals surface area contributed by atoms with Crippen molar-refractivity contribution in [3.63, 3.8) is 0 Å². The maximum Gasteiger partial charge on any atom is 0.263 e. The summed E-state index contributed by atoms with van der Waals surface area (Å²) in [4.78, 5) is 24.8. The fourth-order valence-corrected chi connectivity index (χ4v) is 4.49. The zero-order valence-electron chi connectivity index (χ0n) is 13.3. The smallest absolute Gasteiger partial charge is 0.263 e. The number of amides is 1. The van der Waals surface area contributed by atoms with Crippen LogP contribution in [0.3, 0.4) is 0 Å². The fourth-order valence-electron chi connectivity index (χ4n) is 2.82. The number of pyridine rings is 1. The van der Waals surface area contributed by atoms with Crippen LogP contribution in [0, 0.1) is 5.82 Å². The van der Waals surface area contributed by atoms with E-state index in [0.717, 1.165) is 0 Å². The molecule has 0 aliphatic carbocycles. The van der Waals surface area contributed by atoms with E-state index >= 15 is 0 Å². The minimum Gasteiger partial charge on any atom is -0.348 e. The summed E-state index contributed by atoms with van der Waals surface area (Å²) in [7, 11) is -3.13. The lowest BCUT2D eigenvalue weighted by Crippen LogP contribution is -2.39. The number of hydrogen-bond donors (Lipinski definition) is 1. The molecule has 1 atom stereocenters. The predicted molar refractivity (Wildman–Crippen MR) is 90.7 cm³/mol. The van der Waals surface area contributed by atoms with E-state index in [1.54, 1.807) is 18.2 Å². The van der Waals surface area contributed by atoms with E-state index in [2.05, 4.69) is 5.32 Å². The van der Waals surface area contributed by atoms with E-state index in [-0.39, 0.29) is 23.6 Å². The van der Waals surface area contributed by atoms with Gasteiger partial charge in [-0.1, -0.05) is 18.2 Å². The largest absolute Gasteiger partial charge is 0.348 e. The van der Waals surface area contributed by atoms with Crippen LogP contribution in [0.5, 0.6) is 0 Å². The summed E-state index contributed by atoms with van der Waals surface area (Å²) in [6.07, 6.45) is 1.82. The van der Waals surface area contributed by atoms with Gasteiger partial charge in [-0.2, -0.15) is 0 Å². The molecule has 1 fully saturated rings. The molecule has 6 nitrogen and oxygen atoms in total. The highest BCUT2D eigenvalue weighted by Crippen LogP contribution is 2.12. The van der Waals surface area contributed by atoms with Crippen LogP contribution in [-0.4, -0.2) is 36.4 Å². The van der Waals surface area contributed by atoms with Crippen molar-refractivity contribution in [3.05, 3.63) is 69.9 Å². The Balaban J connectivity index is 1.80. The van der Waals surface area contributed by atoms with E-state index in [1.807, 2.05) is 0 Å². The lowest BCUT2D eigenvalue weighted by atomic mass is 10.2. The summed E-state index contributed by atoms with van der Waals surface area (Å²) in [6, 6.07) is 8.51. The second-order valence-corrected chi connectivity index (χ2v) is 8.25. The molecule has 1 saturated heterocycles. The van der Waals surface area contributed by atoms with Crippen LogP contribution in [0.15, 0.2) is 47.4 Å². The molecule has 0 bridgehead atoms. The van der Waals surface area contributed by atoms with E-state index in [0.29, 0.717) is 12.0 Å². The molecule has 8 heteroatoms. The predicted octanol–water partition coefficient (Wildman–Crippen LogP) is 0.953. The highest BCUT2D eigenvalue weighted by atomic mass is 32.2. The monoisotopic (exact) mass is 364 g/mol. The van der Waals surface area contributed by atoms with Crippen molar-refractivity contribution >= 4 is 15.7 Å². The molecule has 1 aromatic carbocycles. The van der Waals surface area contributed by atoms with Crippen LogP contribution in [0.1, 0.15) is 22.3 Å². The van der Waals surface area contributed by atoms with Crippen molar-refractivity contribution in [1.82, 2.24) is 9.88 Å². The number of aromatic nitrogens is 1. The Labute approximate surface area is 144 Å². The zero-order chi connectivity index (χ0) is 18.0. The Morgan fingerprint density at radius 2 is 2.00 bits per heavy atom. The van der Waals surface area contributed by atoms with Crippen molar-refractivity contribution in [2.45, 2.75) is 19.0 Å². The minimum absolute atomic E-state index is 0.00440. The van der Waals surface area contributed by atoms with Crippen LogP contribution >= 0.6 is 0 Å². The van der Waals surface area contributed by atoms with Crippen molar-refractivity contribution in [1.29, 1.82) is 0 Å². The van der Waals surface area contributed by atoms with Crippen LogP contribution in [0.2, 0.25) is 0 Å². The van der Waals surface area contributed by atoms with Crippen molar-refractivity contribution in [2.75, 3.05) is 11.5 Å². The molecular formula is C17H17FN2O4S. The van der Waals surface area contributed by atoms with Crippen molar-refractivity contribution < 1.29 is 17.6 Å². The van der Waals surface area contributed by atoms with Gasteiger partial charge in [0.05, 0.1) is 18.1 Å². The van der Waals surface area contributed by atoms with E-state index < -0.39 is 33.2 Å². The summed E-state index contributed by atoms with van der Waals surface area (Å²) in [5.41, 5.74) is -0.309. The maximum absolute atomic E-state index is 13.8. The lowest BCUT2D eigenvalue weighted by molar-refractivity contribution is 0.0939. The molecule has 3 rings (SSSR count). The molecule has 0 saturated carbocycles. The van der Waals surface area contributed by atoms with Crippen LogP contribution in [0.25, 0.3) is 0 Å². The lowest BCUT2D eigenvalue weighted by Gasteiger charge is -2.12. The SMILES string of the molecule is O=C(N[C@H]1CCS(=O)(=O)C1)c1cccn(Cc2ccccc2F)c1=O. The molecule has 0 unspecified atom stereocenters. The van der Waals surface area contributed by atoms with E-state index in [9.17, 15) is 22.4 Å². The first-order valence-electron chi connectivity index (χ1n) is 7.80. The number of carbonyl (C=O) groups excluding carboxylic acids is 1. The first-order chi connectivity index (χ1) is 11.9. The Morgan fingerprint density at radius 3 is 2.68 bits per heavy atom. The van der Waals surface area contributed by atoms with Crippen LogP contribution in [0.4, 0.5) is 4.39 Å². The number of halogens is 1. The van der Waals surface area contributed by atoms with E-state index in [1.165, 1.54) is 29.0 Å². The Kier molecular flexibility index (Phi) is 4.71. The van der Waals surface area contributed by atoms with Crippen LogP contribution < -0.4 is 10.9 Å². The molecule has 25 heavy (non-hydrogen) atoms. The molecule has 0 radical (unpaired) electrons. The van der Waals surface area contributed by atoms with Gasteiger partial charge < -0.3 is 9.88 Å². The average molecular weight is 364 g/mol. The van der Waals surface area contributed by atoms with Gasteiger partial charge in [0, 0.05) is 17.8 Å². The number of sulfone groups is 1. The van der Waals surface area contributed by atoms with Gasteiger partial charge in [-0.15, -0.1) is 0 Å². The van der Waals surface area contributed by atoms with Gasteiger partial charge in [0.2, 0.25) is 0 Å². The second kappa shape index (κ2) is 6.79. The zero-order valence-corrected chi connectivity index (χ0v) is 14.1. The minimum atomic E-state index is -3.13. The topological polar surface area (TPSA) is 85.2 Å². The van der Waals surface area contributed by atoms with Gasteiger partial charge in [-0.25, -0.2) is 12.8 Å². The first-order valence-corrected chi connectivity index (χ1v) is 9.62. The molecule has 1 N–H and O–H groups in total. The number of benzene rings is 1. The summed E-state index contributed by atoms with van der Waals surface area (Å²) >= 11 is 0. The molecular weight excluding hydrogens is 347 g/mol. The molecule has 2 heterocycles. The normalized spacial score (nSPS) is 18.8. The number of hydrogen-bond acceptors (Lipinski definition) is 4. The molecule has 132 valence electrons. The molecule has 0 spiro atoms. The van der Waals surface area contributed by atoms with Gasteiger partial charge in [0.1, 0.15) is 11.4 Å². The number of carbonyl (C=O) groups is 1. The molecule has 1 aromatic heterocycles. The summed E-state index contributed by atoms with van der Waals surface area (Å²) in [5, 5.41) is 2.59. The Morgan fingerprint density at radius 1 is 1.24 bits per heavy atom. The quantitative estimate of drug-likeness (QED) is 0.875. The Hall–Kier alpha value is -2.48. The second-order valence-electron chi connectivity index (χ2n) is 6.02. The third-order valence-corrected chi connectivity index (χ3v) is 5.90. The van der Waals surface area contributed by atoms with E-state index in [4.69, 9.17) is 0 Å². The number of nitrogens with zero attached hydrogens (tertiary/aromatic N) is 1. The Bertz CT molecular complexity index is 969. The molecule has 1 aliphatic rings. The van der Waals surface area contributed by atoms with Gasteiger partial charge in [0.15, 0.2) is 9.84 Å². The highest BCUT2D eigenvalue weighted by Gasteiger charge is 2.29.